The second-order valence-electron chi connectivity index (χ2n) is 7.69. The molecule has 2 heterocycles. The molecule has 1 atom stereocenters. The Morgan fingerprint density at radius 1 is 0.786 bits per heavy atom. The monoisotopic (exact) mass is 377 g/mol. The molecule has 3 amide bonds. The molecule has 28 heavy (non-hydrogen) atoms. The fraction of sp³-hybridized carbons (Fsp3) is 0.391. The van der Waals surface area contributed by atoms with E-state index in [1.807, 2.05) is 47.4 Å². The Hall–Kier alpha value is -2.82. The number of likely N-dealkylation sites (tertiary alicyclic amines) is 2. The van der Waals surface area contributed by atoms with E-state index in [1.54, 1.807) is 4.90 Å². The number of nitrogens with one attached hydrogen (secondary N) is 1. The van der Waals surface area contributed by atoms with Crippen LogP contribution < -0.4 is 5.32 Å². The van der Waals surface area contributed by atoms with Gasteiger partial charge in [0.15, 0.2) is 0 Å². The maximum Gasteiger partial charge on any atom is 0.321 e. The summed E-state index contributed by atoms with van der Waals surface area (Å²) in [6, 6.07) is 17.9. The van der Waals surface area contributed by atoms with Crippen LogP contribution in [0.5, 0.6) is 0 Å². The third-order valence-electron chi connectivity index (χ3n) is 5.72. The van der Waals surface area contributed by atoms with Gasteiger partial charge in [0.2, 0.25) is 5.91 Å². The van der Waals surface area contributed by atoms with E-state index in [0.717, 1.165) is 55.6 Å². The SMILES string of the molecule is O=C(Nc1ccc(-c2ccccc2)cc1)N1CCC[C@H](C(=O)N2CCCC2)C1. The first-order valence-electron chi connectivity index (χ1n) is 10.2. The minimum Gasteiger partial charge on any atom is -0.342 e. The number of hydrogen-bond acceptors (Lipinski definition) is 2. The van der Waals surface area contributed by atoms with E-state index in [0.29, 0.717) is 13.1 Å². The highest BCUT2D eigenvalue weighted by molar-refractivity contribution is 5.90. The van der Waals surface area contributed by atoms with Crippen LogP contribution in [0, 0.1) is 5.92 Å². The van der Waals surface area contributed by atoms with Gasteiger partial charge in [0.1, 0.15) is 0 Å². The first kappa shape index (κ1) is 18.5. The molecule has 0 spiro atoms. The molecule has 0 unspecified atom stereocenters. The van der Waals surface area contributed by atoms with Crippen molar-refractivity contribution in [2.45, 2.75) is 25.7 Å². The molecule has 0 saturated carbocycles. The molecule has 0 radical (unpaired) electrons. The highest BCUT2D eigenvalue weighted by atomic mass is 16.2. The Labute approximate surface area is 166 Å². The van der Waals surface area contributed by atoms with Gasteiger partial charge in [0.05, 0.1) is 5.92 Å². The van der Waals surface area contributed by atoms with Crippen molar-refractivity contribution >= 4 is 17.6 Å². The Kier molecular flexibility index (Phi) is 5.60. The molecule has 146 valence electrons. The summed E-state index contributed by atoms with van der Waals surface area (Å²) in [5, 5.41) is 2.98. The minimum absolute atomic E-state index is 0.0574. The smallest absolute Gasteiger partial charge is 0.321 e. The summed E-state index contributed by atoms with van der Waals surface area (Å²) >= 11 is 0. The number of anilines is 1. The average molecular weight is 377 g/mol. The Bertz CT molecular complexity index is 814. The number of piperidine rings is 1. The lowest BCUT2D eigenvalue weighted by molar-refractivity contribution is -0.135. The number of hydrogen-bond donors (Lipinski definition) is 1. The zero-order valence-corrected chi connectivity index (χ0v) is 16.1. The van der Waals surface area contributed by atoms with Crippen molar-refractivity contribution in [3.63, 3.8) is 0 Å². The maximum atomic E-state index is 12.7. The number of carbonyl (C=O) groups excluding carboxylic acids is 2. The average Bonchev–Trinajstić information content (AvgIpc) is 3.29. The van der Waals surface area contributed by atoms with Crippen molar-refractivity contribution in [1.29, 1.82) is 0 Å². The van der Waals surface area contributed by atoms with E-state index >= 15 is 0 Å². The van der Waals surface area contributed by atoms with Crippen LogP contribution in [0.4, 0.5) is 10.5 Å². The van der Waals surface area contributed by atoms with Gasteiger partial charge in [-0.1, -0.05) is 42.5 Å². The second kappa shape index (κ2) is 8.46. The van der Waals surface area contributed by atoms with Crippen molar-refractivity contribution in [3.05, 3.63) is 54.6 Å². The molecule has 1 N–H and O–H groups in total. The summed E-state index contributed by atoms with van der Waals surface area (Å²) in [6.07, 6.45) is 3.96. The number of amides is 3. The third-order valence-corrected chi connectivity index (χ3v) is 5.72. The van der Waals surface area contributed by atoms with Gasteiger partial charge in [-0.05, 0) is 48.9 Å². The topological polar surface area (TPSA) is 52.7 Å². The lowest BCUT2D eigenvalue weighted by Gasteiger charge is -2.33. The molecule has 0 bridgehead atoms. The standard InChI is InChI=1S/C23H27N3O2/c27-22(25-14-4-5-15-25)20-9-6-16-26(17-20)23(28)24-21-12-10-19(11-13-21)18-7-2-1-3-8-18/h1-3,7-8,10-13,20H,4-6,9,14-17H2,(H,24,28)/t20-/m0/s1. The molecule has 5 nitrogen and oxygen atoms in total. The first-order valence-corrected chi connectivity index (χ1v) is 10.2. The zero-order valence-electron chi connectivity index (χ0n) is 16.1. The van der Waals surface area contributed by atoms with Crippen molar-refractivity contribution in [1.82, 2.24) is 9.80 Å². The number of nitrogens with zero attached hydrogens (tertiary/aromatic N) is 2. The van der Waals surface area contributed by atoms with Crippen molar-refractivity contribution in [2.75, 3.05) is 31.5 Å². The quantitative estimate of drug-likeness (QED) is 0.871. The van der Waals surface area contributed by atoms with Gasteiger partial charge in [-0.25, -0.2) is 4.79 Å². The van der Waals surface area contributed by atoms with Crippen LogP contribution in [0.3, 0.4) is 0 Å². The summed E-state index contributed by atoms with van der Waals surface area (Å²) in [4.78, 5) is 29.1. The fourth-order valence-corrected chi connectivity index (χ4v) is 4.14. The molecule has 2 aromatic rings. The van der Waals surface area contributed by atoms with Gasteiger partial charge in [0.25, 0.3) is 0 Å². The predicted octanol–water partition coefficient (Wildman–Crippen LogP) is 4.22. The van der Waals surface area contributed by atoms with E-state index in [2.05, 4.69) is 17.4 Å². The molecule has 2 aliphatic rings. The molecular weight excluding hydrogens is 350 g/mol. The molecule has 2 fully saturated rings. The van der Waals surface area contributed by atoms with Gasteiger partial charge < -0.3 is 15.1 Å². The van der Waals surface area contributed by atoms with Gasteiger partial charge in [-0.2, -0.15) is 0 Å². The lowest BCUT2D eigenvalue weighted by Crippen LogP contribution is -2.47. The first-order chi connectivity index (χ1) is 13.7. The Morgan fingerprint density at radius 2 is 1.43 bits per heavy atom. The molecule has 0 aromatic heterocycles. The molecule has 4 rings (SSSR count). The van der Waals surface area contributed by atoms with Crippen LogP contribution in [0.1, 0.15) is 25.7 Å². The van der Waals surface area contributed by atoms with Crippen LogP contribution in [0.15, 0.2) is 54.6 Å². The molecule has 0 aliphatic carbocycles. The Balaban J connectivity index is 1.36. The van der Waals surface area contributed by atoms with Crippen molar-refractivity contribution in [3.8, 4) is 11.1 Å². The normalized spacial score (nSPS) is 19.5. The van der Waals surface area contributed by atoms with E-state index in [-0.39, 0.29) is 17.9 Å². The molecule has 2 aromatic carbocycles. The summed E-state index contributed by atoms with van der Waals surface area (Å²) in [5.41, 5.74) is 3.05. The van der Waals surface area contributed by atoms with Crippen LogP contribution in [-0.4, -0.2) is 47.9 Å². The van der Waals surface area contributed by atoms with E-state index in [1.165, 1.54) is 0 Å². The molecular formula is C23H27N3O2. The van der Waals surface area contributed by atoms with Crippen LogP contribution in [-0.2, 0) is 4.79 Å². The number of rotatable bonds is 3. The number of urea groups is 1. The van der Waals surface area contributed by atoms with Crippen molar-refractivity contribution in [2.24, 2.45) is 5.92 Å². The summed E-state index contributed by atoms with van der Waals surface area (Å²) in [7, 11) is 0. The molecule has 2 aliphatic heterocycles. The number of carbonyl (C=O) groups is 2. The lowest BCUT2D eigenvalue weighted by atomic mass is 9.97. The molecule has 2 saturated heterocycles. The van der Waals surface area contributed by atoms with Gasteiger partial charge in [-0.3, -0.25) is 4.79 Å². The minimum atomic E-state index is -0.119. The highest BCUT2D eigenvalue weighted by Crippen LogP contribution is 2.24. The summed E-state index contributed by atoms with van der Waals surface area (Å²) in [6.45, 7) is 2.96. The number of benzene rings is 2. The van der Waals surface area contributed by atoms with Crippen molar-refractivity contribution < 1.29 is 9.59 Å². The van der Waals surface area contributed by atoms with Crippen LogP contribution in [0.2, 0.25) is 0 Å². The van der Waals surface area contributed by atoms with E-state index in [4.69, 9.17) is 0 Å². The fourth-order valence-electron chi connectivity index (χ4n) is 4.14. The van der Waals surface area contributed by atoms with Gasteiger partial charge >= 0.3 is 6.03 Å². The van der Waals surface area contributed by atoms with Crippen LogP contribution in [0.25, 0.3) is 11.1 Å². The van der Waals surface area contributed by atoms with Crippen LogP contribution >= 0.6 is 0 Å². The highest BCUT2D eigenvalue weighted by Gasteiger charge is 2.32. The Morgan fingerprint density at radius 3 is 2.14 bits per heavy atom. The van der Waals surface area contributed by atoms with E-state index in [9.17, 15) is 9.59 Å². The largest absolute Gasteiger partial charge is 0.342 e. The summed E-state index contributed by atoms with van der Waals surface area (Å²) in [5.74, 6) is 0.167. The third kappa shape index (κ3) is 4.19. The van der Waals surface area contributed by atoms with Gasteiger partial charge in [-0.15, -0.1) is 0 Å². The second-order valence-corrected chi connectivity index (χ2v) is 7.69. The predicted molar refractivity (Wildman–Crippen MR) is 111 cm³/mol. The van der Waals surface area contributed by atoms with Gasteiger partial charge in [0, 0.05) is 31.9 Å². The zero-order chi connectivity index (χ0) is 19.3. The maximum absolute atomic E-state index is 12.7. The molecule has 5 heteroatoms. The summed E-state index contributed by atoms with van der Waals surface area (Å²) < 4.78 is 0. The van der Waals surface area contributed by atoms with E-state index < -0.39 is 0 Å².